The van der Waals surface area contributed by atoms with Crippen molar-refractivity contribution in [1.29, 1.82) is 5.26 Å². The van der Waals surface area contributed by atoms with Gasteiger partial charge in [0.05, 0.1) is 6.07 Å². The summed E-state index contributed by atoms with van der Waals surface area (Å²) in [5.74, 6) is 0.839. The summed E-state index contributed by atoms with van der Waals surface area (Å²) in [5.41, 5.74) is -0.281. The van der Waals surface area contributed by atoms with Crippen LogP contribution in [0.5, 0.6) is 0 Å². The minimum atomic E-state index is -0.281. The van der Waals surface area contributed by atoms with E-state index in [0.717, 1.165) is 25.3 Å². The number of nitrogens with one attached hydrogen (secondary N) is 1. The summed E-state index contributed by atoms with van der Waals surface area (Å²) in [4.78, 5) is 0. The smallest absolute Gasteiger partial charge is 0.107 e. The molecule has 0 aromatic carbocycles. The summed E-state index contributed by atoms with van der Waals surface area (Å²) >= 11 is 0. The molecule has 1 saturated carbocycles. The zero-order valence-corrected chi connectivity index (χ0v) is 10.5. The van der Waals surface area contributed by atoms with E-state index in [2.05, 4.69) is 24.9 Å². The monoisotopic (exact) mass is 220 g/mol. The highest BCUT2D eigenvalue weighted by molar-refractivity contribution is 5.08. The summed E-state index contributed by atoms with van der Waals surface area (Å²) in [6, 6.07) is 2.50. The Labute approximate surface area is 99.7 Å². The fourth-order valence-corrected chi connectivity index (χ4v) is 2.70. The van der Waals surface area contributed by atoms with Crippen molar-refractivity contribution in [2.75, 3.05) is 6.54 Å². The second-order valence-corrected chi connectivity index (χ2v) is 4.95. The standard InChI is InChI=1S/C14H24N2/c1-3-6-13-7-5-9-14(12-15,10-8-13)16-11-4-2/h4,13,16H,2-3,5-11H2,1H3. The number of hydrogen-bond donors (Lipinski definition) is 1. The van der Waals surface area contributed by atoms with Crippen LogP contribution in [0.3, 0.4) is 0 Å². The first-order valence-corrected chi connectivity index (χ1v) is 6.53. The Morgan fingerprint density at radius 3 is 2.94 bits per heavy atom. The summed E-state index contributed by atoms with van der Waals surface area (Å²) in [7, 11) is 0. The van der Waals surface area contributed by atoms with Crippen LogP contribution in [0.2, 0.25) is 0 Å². The Balaban J connectivity index is 2.54. The van der Waals surface area contributed by atoms with Crippen molar-refractivity contribution in [1.82, 2.24) is 5.32 Å². The second kappa shape index (κ2) is 6.70. The lowest BCUT2D eigenvalue weighted by atomic mass is 9.90. The molecule has 90 valence electrons. The van der Waals surface area contributed by atoms with Crippen LogP contribution in [0, 0.1) is 17.2 Å². The lowest BCUT2D eigenvalue weighted by Gasteiger charge is -2.25. The minimum Gasteiger partial charge on any atom is -0.296 e. The molecule has 0 aliphatic heterocycles. The summed E-state index contributed by atoms with van der Waals surface area (Å²) < 4.78 is 0. The first kappa shape index (κ1) is 13.3. The average Bonchev–Trinajstić information content (AvgIpc) is 2.51. The second-order valence-electron chi connectivity index (χ2n) is 4.95. The quantitative estimate of drug-likeness (QED) is 0.569. The Morgan fingerprint density at radius 1 is 1.50 bits per heavy atom. The molecule has 0 aromatic rings. The lowest BCUT2D eigenvalue weighted by molar-refractivity contribution is 0.366. The Morgan fingerprint density at radius 2 is 2.31 bits per heavy atom. The van der Waals surface area contributed by atoms with Gasteiger partial charge in [-0.05, 0) is 25.2 Å². The van der Waals surface area contributed by atoms with Gasteiger partial charge in [0.15, 0.2) is 0 Å². The van der Waals surface area contributed by atoms with Crippen molar-refractivity contribution in [2.45, 2.75) is 57.4 Å². The van der Waals surface area contributed by atoms with E-state index in [-0.39, 0.29) is 5.54 Å². The normalized spacial score (nSPS) is 30.4. The molecule has 0 heterocycles. The van der Waals surface area contributed by atoms with Crippen molar-refractivity contribution >= 4 is 0 Å². The maximum atomic E-state index is 9.36. The van der Waals surface area contributed by atoms with Crippen molar-refractivity contribution in [3.8, 4) is 6.07 Å². The van der Waals surface area contributed by atoms with Crippen LogP contribution in [-0.2, 0) is 0 Å². The van der Waals surface area contributed by atoms with Gasteiger partial charge in [0.2, 0.25) is 0 Å². The maximum absolute atomic E-state index is 9.36. The van der Waals surface area contributed by atoms with Crippen molar-refractivity contribution in [3.63, 3.8) is 0 Å². The summed E-state index contributed by atoms with van der Waals surface area (Å²) in [6.07, 6.45) is 10.1. The third kappa shape index (κ3) is 3.64. The highest BCUT2D eigenvalue weighted by atomic mass is 15.0. The van der Waals surface area contributed by atoms with Crippen molar-refractivity contribution in [2.24, 2.45) is 5.92 Å². The maximum Gasteiger partial charge on any atom is 0.107 e. The molecule has 1 N–H and O–H groups in total. The molecule has 0 bridgehead atoms. The van der Waals surface area contributed by atoms with Gasteiger partial charge in [0.25, 0.3) is 0 Å². The molecule has 1 aliphatic rings. The van der Waals surface area contributed by atoms with Crippen LogP contribution in [0.25, 0.3) is 0 Å². The third-order valence-corrected chi connectivity index (χ3v) is 3.69. The van der Waals surface area contributed by atoms with E-state index in [9.17, 15) is 5.26 Å². The van der Waals surface area contributed by atoms with Gasteiger partial charge in [-0.25, -0.2) is 0 Å². The molecule has 0 saturated heterocycles. The Hall–Kier alpha value is -0.810. The molecule has 2 nitrogen and oxygen atoms in total. The molecule has 2 heteroatoms. The first-order chi connectivity index (χ1) is 7.76. The van der Waals surface area contributed by atoms with Gasteiger partial charge in [-0.15, -0.1) is 6.58 Å². The van der Waals surface area contributed by atoms with E-state index in [4.69, 9.17) is 0 Å². The molecule has 0 radical (unpaired) electrons. The summed E-state index contributed by atoms with van der Waals surface area (Å²) in [6.45, 7) is 6.70. The van der Waals surface area contributed by atoms with Crippen molar-refractivity contribution in [3.05, 3.63) is 12.7 Å². The highest BCUT2D eigenvalue weighted by Gasteiger charge is 2.32. The molecule has 1 rings (SSSR count). The molecule has 0 aromatic heterocycles. The van der Waals surface area contributed by atoms with Gasteiger partial charge in [0.1, 0.15) is 5.54 Å². The van der Waals surface area contributed by atoms with Crippen molar-refractivity contribution < 1.29 is 0 Å². The predicted octanol–water partition coefficient (Wildman–Crippen LogP) is 3.40. The molecule has 2 atom stereocenters. The summed E-state index contributed by atoms with van der Waals surface area (Å²) in [5, 5.41) is 12.7. The minimum absolute atomic E-state index is 0.281. The third-order valence-electron chi connectivity index (χ3n) is 3.69. The molecule has 2 unspecified atom stereocenters. The van der Waals surface area contributed by atoms with E-state index in [0.29, 0.717) is 0 Å². The van der Waals surface area contributed by atoms with Gasteiger partial charge < -0.3 is 0 Å². The average molecular weight is 220 g/mol. The van der Waals surface area contributed by atoms with Crippen LogP contribution in [-0.4, -0.2) is 12.1 Å². The first-order valence-electron chi connectivity index (χ1n) is 6.53. The van der Waals surface area contributed by atoms with Crippen LogP contribution in [0.1, 0.15) is 51.9 Å². The molecule has 0 spiro atoms. The number of nitrogens with zero attached hydrogens (tertiary/aromatic N) is 1. The molecule has 0 amide bonds. The van der Waals surface area contributed by atoms with Crippen LogP contribution in [0.15, 0.2) is 12.7 Å². The van der Waals surface area contributed by atoms with E-state index in [1.165, 1.54) is 32.1 Å². The van der Waals surface area contributed by atoms with Gasteiger partial charge >= 0.3 is 0 Å². The van der Waals surface area contributed by atoms with Crippen LogP contribution >= 0.6 is 0 Å². The SMILES string of the molecule is C=CCNC1(C#N)CCCC(CCC)CC1. The molecule has 1 aliphatic carbocycles. The largest absolute Gasteiger partial charge is 0.296 e. The van der Waals surface area contributed by atoms with E-state index in [1.54, 1.807) is 0 Å². The number of hydrogen-bond acceptors (Lipinski definition) is 2. The van der Waals surface area contributed by atoms with E-state index in [1.807, 2.05) is 6.08 Å². The molecular weight excluding hydrogens is 196 g/mol. The number of nitriles is 1. The topological polar surface area (TPSA) is 35.8 Å². The fourth-order valence-electron chi connectivity index (χ4n) is 2.70. The van der Waals surface area contributed by atoms with Gasteiger partial charge in [-0.3, -0.25) is 5.32 Å². The zero-order valence-electron chi connectivity index (χ0n) is 10.5. The Kier molecular flexibility index (Phi) is 5.55. The molecule has 16 heavy (non-hydrogen) atoms. The predicted molar refractivity (Wildman–Crippen MR) is 68.0 cm³/mol. The molecule has 1 fully saturated rings. The van der Waals surface area contributed by atoms with E-state index < -0.39 is 0 Å². The molecular formula is C14H24N2. The Bertz CT molecular complexity index is 254. The fraction of sp³-hybridized carbons (Fsp3) is 0.786. The van der Waals surface area contributed by atoms with Gasteiger partial charge in [0, 0.05) is 6.54 Å². The number of rotatable bonds is 5. The van der Waals surface area contributed by atoms with Gasteiger partial charge in [-0.2, -0.15) is 5.26 Å². The van der Waals surface area contributed by atoms with Gasteiger partial charge in [-0.1, -0.05) is 38.7 Å². The zero-order chi connectivity index (χ0) is 11.9. The highest BCUT2D eigenvalue weighted by Crippen LogP contribution is 2.32. The van der Waals surface area contributed by atoms with Crippen LogP contribution in [0.4, 0.5) is 0 Å². The van der Waals surface area contributed by atoms with E-state index >= 15 is 0 Å². The van der Waals surface area contributed by atoms with Crippen LogP contribution < -0.4 is 5.32 Å². The lowest BCUT2D eigenvalue weighted by Crippen LogP contribution is -2.43.